The molecule has 25 heavy (non-hydrogen) atoms. The first-order chi connectivity index (χ1) is 11.8. The van der Waals surface area contributed by atoms with E-state index in [-0.39, 0.29) is 5.91 Å². The van der Waals surface area contributed by atoms with Gasteiger partial charge < -0.3 is 4.90 Å². The highest BCUT2D eigenvalue weighted by atomic mass is 35.5. The third kappa shape index (κ3) is 4.58. The fourth-order valence-corrected chi connectivity index (χ4v) is 3.48. The molecule has 2 nitrogen and oxygen atoms in total. The zero-order valence-corrected chi connectivity index (χ0v) is 16.4. The Kier molecular flexibility index (Phi) is 6.56. The van der Waals surface area contributed by atoms with Crippen molar-refractivity contribution in [1.29, 1.82) is 0 Å². The first-order valence-electron chi connectivity index (χ1n) is 7.85. The summed E-state index contributed by atoms with van der Waals surface area (Å²) >= 11 is 18.7. The fraction of sp³-hybridized carbons (Fsp3) is 0.250. The maximum atomic E-state index is 13.1. The van der Waals surface area contributed by atoms with E-state index in [1.807, 2.05) is 56.3 Å². The molecule has 0 saturated heterocycles. The average Bonchev–Trinajstić information content (AvgIpc) is 2.58. The molecule has 0 saturated carbocycles. The summed E-state index contributed by atoms with van der Waals surface area (Å²) in [7, 11) is 0. The minimum atomic E-state index is -0.782. The normalized spacial score (nSPS) is 12.5. The number of benzene rings is 2. The zero-order chi connectivity index (χ0) is 18.6. The number of hydrogen-bond acceptors (Lipinski definition) is 1. The van der Waals surface area contributed by atoms with Crippen molar-refractivity contribution in [2.45, 2.75) is 24.8 Å². The third-order valence-corrected chi connectivity index (χ3v) is 5.01. The predicted molar refractivity (Wildman–Crippen MR) is 106 cm³/mol. The second-order valence-corrected chi connectivity index (χ2v) is 7.54. The monoisotopic (exact) mass is 395 g/mol. The molecule has 0 aliphatic carbocycles. The maximum Gasteiger partial charge on any atom is 0.246 e. The Balaban J connectivity index is 2.41. The van der Waals surface area contributed by atoms with Gasteiger partial charge in [-0.2, -0.15) is 0 Å². The number of nitrogens with zero attached hydrogens (tertiary/aromatic N) is 1. The molecule has 0 spiro atoms. The van der Waals surface area contributed by atoms with Crippen molar-refractivity contribution in [3.63, 3.8) is 0 Å². The minimum Gasteiger partial charge on any atom is -0.328 e. The molecule has 2 rings (SSSR count). The lowest BCUT2D eigenvalue weighted by atomic mass is 9.91. The number of halogens is 3. The highest BCUT2D eigenvalue weighted by Crippen LogP contribution is 2.35. The van der Waals surface area contributed by atoms with Gasteiger partial charge in [-0.25, -0.2) is 0 Å². The van der Waals surface area contributed by atoms with Crippen molar-refractivity contribution in [2.24, 2.45) is 0 Å². The Morgan fingerprint density at radius 2 is 1.72 bits per heavy atom. The van der Waals surface area contributed by atoms with Crippen LogP contribution in [0.2, 0.25) is 10.0 Å². The molecule has 2 aromatic rings. The quantitative estimate of drug-likeness (QED) is 0.419. The molecule has 0 radical (unpaired) electrons. The van der Waals surface area contributed by atoms with Crippen molar-refractivity contribution in [3.05, 3.63) is 82.4 Å². The van der Waals surface area contributed by atoms with Crippen LogP contribution in [0, 0.1) is 0 Å². The molecule has 0 fully saturated rings. The summed E-state index contributed by atoms with van der Waals surface area (Å²) < 4.78 is 0. The van der Waals surface area contributed by atoms with Crippen molar-refractivity contribution >= 4 is 40.7 Å². The van der Waals surface area contributed by atoms with Crippen LogP contribution in [0.1, 0.15) is 30.4 Å². The smallest absolute Gasteiger partial charge is 0.246 e. The first-order valence-corrected chi connectivity index (χ1v) is 9.04. The van der Waals surface area contributed by atoms with E-state index in [0.717, 1.165) is 11.1 Å². The summed E-state index contributed by atoms with van der Waals surface area (Å²) in [6.07, 6.45) is 1.68. The van der Waals surface area contributed by atoms with Crippen LogP contribution in [0.3, 0.4) is 0 Å². The molecule has 1 atom stereocenters. The largest absolute Gasteiger partial charge is 0.328 e. The lowest BCUT2D eigenvalue weighted by molar-refractivity contribution is -0.135. The number of hydrogen-bond donors (Lipinski definition) is 0. The summed E-state index contributed by atoms with van der Waals surface area (Å²) in [4.78, 5) is 14.8. The maximum absolute atomic E-state index is 13.1. The molecular formula is C20H20Cl3NO. The van der Waals surface area contributed by atoms with Crippen LogP contribution < -0.4 is 0 Å². The van der Waals surface area contributed by atoms with Crippen molar-refractivity contribution in [2.75, 3.05) is 6.54 Å². The predicted octanol–water partition coefficient (Wildman–Crippen LogP) is 6.22. The van der Waals surface area contributed by atoms with Crippen LogP contribution in [-0.4, -0.2) is 17.4 Å². The molecule has 0 aliphatic heterocycles. The van der Waals surface area contributed by atoms with Gasteiger partial charge in [0.2, 0.25) is 5.91 Å². The van der Waals surface area contributed by atoms with Gasteiger partial charge >= 0.3 is 0 Å². The van der Waals surface area contributed by atoms with Crippen molar-refractivity contribution < 1.29 is 4.79 Å². The Hall–Kier alpha value is -1.48. The number of rotatable bonds is 6. The van der Waals surface area contributed by atoms with Gasteiger partial charge in [-0.1, -0.05) is 59.6 Å². The molecule has 0 N–H and O–H groups in total. The Morgan fingerprint density at radius 3 is 2.24 bits per heavy atom. The minimum absolute atomic E-state index is 0.200. The number of amides is 1. The van der Waals surface area contributed by atoms with Crippen LogP contribution in [-0.2, 0) is 10.3 Å². The summed E-state index contributed by atoms with van der Waals surface area (Å²) in [5.74, 6) is -0.200. The molecule has 0 bridgehead atoms. The highest BCUT2D eigenvalue weighted by Gasteiger charge is 2.35. The second-order valence-electron chi connectivity index (χ2n) is 6.23. The van der Waals surface area contributed by atoms with Crippen LogP contribution in [0.15, 0.2) is 61.2 Å². The van der Waals surface area contributed by atoms with Gasteiger partial charge in [0.1, 0.15) is 5.38 Å². The lowest BCUT2D eigenvalue weighted by Crippen LogP contribution is -2.47. The fourth-order valence-electron chi connectivity index (χ4n) is 2.69. The zero-order valence-electron chi connectivity index (χ0n) is 14.2. The van der Waals surface area contributed by atoms with Gasteiger partial charge in [-0.15, -0.1) is 18.2 Å². The van der Waals surface area contributed by atoms with Crippen LogP contribution in [0.25, 0.3) is 0 Å². The summed E-state index contributed by atoms with van der Waals surface area (Å²) in [6, 6.07) is 14.6. The van der Waals surface area contributed by atoms with Gasteiger partial charge in [0.15, 0.2) is 0 Å². The van der Waals surface area contributed by atoms with Gasteiger partial charge in [0.25, 0.3) is 0 Å². The highest BCUT2D eigenvalue weighted by molar-refractivity contribution is 6.34. The van der Waals surface area contributed by atoms with Gasteiger partial charge in [-0.3, -0.25) is 4.79 Å². The second kappa shape index (κ2) is 8.27. The van der Waals surface area contributed by atoms with Crippen molar-refractivity contribution in [3.8, 4) is 0 Å². The van der Waals surface area contributed by atoms with Crippen LogP contribution in [0.5, 0.6) is 0 Å². The first kappa shape index (κ1) is 19.8. The molecule has 0 aromatic heterocycles. The van der Waals surface area contributed by atoms with E-state index in [1.165, 1.54) is 0 Å². The van der Waals surface area contributed by atoms with Gasteiger partial charge in [0, 0.05) is 16.6 Å². The van der Waals surface area contributed by atoms with E-state index in [1.54, 1.807) is 17.0 Å². The summed E-state index contributed by atoms with van der Waals surface area (Å²) in [5.41, 5.74) is 0.919. The van der Waals surface area contributed by atoms with Crippen LogP contribution in [0.4, 0.5) is 0 Å². The summed E-state index contributed by atoms with van der Waals surface area (Å²) in [6.45, 7) is 7.99. The Bertz CT molecular complexity index is 739. The average molecular weight is 397 g/mol. The Morgan fingerprint density at radius 1 is 1.16 bits per heavy atom. The van der Waals surface area contributed by atoms with E-state index >= 15 is 0 Å². The SMILES string of the molecule is C=CCN(C(=O)C(Cl)c1ccccc1)C(C)(C)c1cc(Cl)cc(Cl)c1. The number of alkyl halides is 1. The van der Waals surface area contributed by atoms with E-state index < -0.39 is 10.9 Å². The number of carbonyl (C=O) groups excluding carboxylic acids is 1. The van der Waals surface area contributed by atoms with Crippen molar-refractivity contribution in [1.82, 2.24) is 4.90 Å². The van der Waals surface area contributed by atoms with E-state index in [2.05, 4.69) is 6.58 Å². The molecular weight excluding hydrogens is 377 g/mol. The third-order valence-electron chi connectivity index (χ3n) is 4.13. The topological polar surface area (TPSA) is 20.3 Å². The number of carbonyl (C=O) groups is 1. The summed E-state index contributed by atoms with van der Waals surface area (Å²) in [5, 5.41) is 0.259. The van der Waals surface area contributed by atoms with E-state index in [9.17, 15) is 4.79 Å². The van der Waals surface area contributed by atoms with Gasteiger partial charge in [-0.05, 0) is 43.2 Å². The Labute approximate surface area is 164 Å². The van der Waals surface area contributed by atoms with E-state index in [0.29, 0.717) is 16.6 Å². The molecule has 2 aromatic carbocycles. The van der Waals surface area contributed by atoms with Crippen LogP contribution >= 0.6 is 34.8 Å². The molecule has 5 heteroatoms. The van der Waals surface area contributed by atoms with E-state index in [4.69, 9.17) is 34.8 Å². The standard InChI is InChI=1S/C20H20Cl3NO/c1-4-10-24(19(25)18(23)14-8-6-5-7-9-14)20(2,3)15-11-16(21)13-17(22)12-15/h4-9,11-13,18H,1,10H2,2-3H3. The molecule has 132 valence electrons. The molecule has 0 heterocycles. The molecule has 1 amide bonds. The molecule has 1 unspecified atom stereocenters. The lowest BCUT2D eigenvalue weighted by Gasteiger charge is -2.40. The van der Waals surface area contributed by atoms with Gasteiger partial charge in [0.05, 0.1) is 5.54 Å². The molecule has 0 aliphatic rings.